The number of amides is 2. The first-order chi connectivity index (χ1) is 10.4. The fraction of sp³-hybridized carbons (Fsp3) is 0.571. The molecule has 2 saturated heterocycles. The SMILES string of the molecule is Cc1ccc(C(=O)N2CCC3(CNC(=O)CO3)C2)n1C(F)F. The van der Waals surface area contributed by atoms with Crippen LogP contribution in [0.5, 0.6) is 0 Å². The maximum Gasteiger partial charge on any atom is 0.319 e. The van der Waals surface area contributed by atoms with Gasteiger partial charge in [-0.1, -0.05) is 0 Å². The molecule has 8 heteroatoms. The van der Waals surface area contributed by atoms with Crippen molar-refractivity contribution in [1.29, 1.82) is 0 Å². The van der Waals surface area contributed by atoms with Crippen LogP contribution in [0.15, 0.2) is 12.1 Å². The Kier molecular flexibility index (Phi) is 3.64. The van der Waals surface area contributed by atoms with E-state index in [-0.39, 0.29) is 18.2 Å². The van der Waals surface area contributed by atoms with Crippen LogP contribution in [0, 0.1) is 6.92 Å². The number of carbonyl (C=O) groups excluding carboxylic acids is 2. The molecule has 2 amide bonds. The van der Waals surface area contributed by atoms with Gasteiger partial charge in [-0.15, -0.1) is 0 Å². The fourth-order valence-electron chi connectivity index (χ4n) is 3.01. The van der Waals surface area contributed by atoms with Crippen LogP contribution < -0.4 is 5.32 Å². The molecule has 0 bridgehead atoms. The van der Waals surface area contributed by atoms with Gasteiger partial charge in [-0.05, 0) is 25.5 Å². The Labute approximate surface area is 126 Å². The van der Waals surface area contributed by atoms with Crippen LogP contribution in [-0.4, -0.2) is 53.1 Å². The summed E-state index contributed by atoms with van der Waals surface area (Å²) in [7, 11) is 0. The molecule has 2 fully saturated rings. The van der Waals surface area contributed by atoms with E-state index in [0.717, 1.165) is 4.57 Å². The summed E-state index contributed by atoms with van der Waals surface area (Å²) in [5.74, 6) is -0.622. The van der Waals surface area contributed by atoms with Gasteiger partial charge in [0.1, 0.15) is 17.9 Å². The van der Waals surface area contributed by atoms with E-state index in [1.165, 1.54) is 24.0 Å². The Morgan fingerprint density at radius 1 is 1.45 bits per heavy atom. The summed E-state index contributed by atoms with van der Waals surface area (Å²) in [5, 5.41) is 2.72. The Bertz CT molecular complexity index is 604. The molecule has 1 unspecified atom stereocenters. The zero-order chi connectivity index (χ0) is 15.9. The highest BCUT2D eigenvalue weighted by molar-refractivity contribution is 5.93. The second kappa shape index (κ2) is 5.35. The lowest BCUT2D eigenvalue weighted by Crippen LogP contribution is -2.54. The van der Waals surface area contributed by atoms with Crippen molar-refractivity contribution >= 4 is 11.8 Å². The highest BCUT2D eigenvalue weighted by Gasteiger charge is 2.44. The van der Waals surface area contributed by atoms with E-state index < -0.39 is 18.1 Å². The quantitative estimate of drug-likeness (QED) is 0.883. The maximum absolute atomic E-state index is 13.1. The zero-order valence-corrected chi connectivity index (χ0v) is 12.1. The van der Waals surface area contributed by atoms with Gasteiger partial charge < -0.3 is 15.0 Å². The molecule has 22 heavy (non-hydrogen) atoms. The van der Waals surface area contributed by atoms with E-state index in [1.807, 2.05) is 0 Å². The van der Waals surface area contributed by atoms with Gasteiger partial charge in [-0.3, -0.25) is 14.2 Å². The van der Waals surface area contributed by atoms with Gasteiger partial charge in [0.2, 0.25) is 5.91 Å². The van der Waals surface area contributed by atoms with Gasteiger partial charge in [-0.25, -0.2) is 0 Å². The number of alkyl halides is 2. The molecule has 0 aliphatic carbocycles. The molecule has 3 rings (SSSR count). The molecule has 120 valence electrons. The lowest BCUT2D eigenvalue weighted by atomic mass is 10.0. The molecule has 1 spiro atoms. The Morgan fingerprint density at radius 3 is 2.86 bits per heavy atom. The van der Waals surface area contributed by atoms with E-state index in [0.29, 0.717) is 31.7 Å². The molecule has 3 heterocycles. The van der Waals surface area contributed by atoms with Crippen LogP contribution in [0.4, 0.5) is 8.78 Å². The van der Waals surface area contributed by atoms with Gasteiger partial charge in [0, 0.05) is 18.8 Å². The lowest BCUT2D eigenvalue weighted by Gasteiger charge is -2.33. The average molecular weight is 313 g/mol. The Balaban J connectivity index is 1.76. The third-order valence-electron chi connectivity index (χ3n) is 4.26. The zero-order valence-electron chi connectivity index (χ0n) is 12.1. The van der Waals surface area contributed by atoms with Crippen molar-refractivity contribution in [1.82, 2.24) is 14.8 Å². The molecule has 0 radical (unpaired) electrons. The number of nitrogens with one attached hydrogen (secondary N) is 1. The van der Waals surface area contributed by atoms with E-state index in [4.69, 9.17) is 4.74 Å². The highest BCUT2D eigenvalue weighted by Crippen LogP contribution is 2.29. The Hall–Kier alpha value is -1.96. The van der Waals surface area contributed by atoms with Crippen LogP contribution in [-0.2, 0) is 9.53 Å². The monoisotopic (exact) mass is 313 g/mol. The van der Waals surface area contributed by atoms with E-state index in [2.05, 4.69) is 5.32 Å². The predicted octanol–water partition coefficient (Wildman–Crippen LogP) is 0.923. The second-order valence-corrected chi connectivity index (χ2v) is 5.73. The van der Waals surface area contributed by atoms with Crippen molar-refractivity contribution < 1.29 is 23.1 Å². The number of halogens is 2. The summed E-state index contributed by atoms with van der Waals surface area (Å²) >= 11 is 0. The topological polar surface area (TPSA) is 63.6 Å². The van der Waals surface area contributed by atoms with Crippen LogP contribution in [0.25, 0.3) is 0 Å². The van der Waals surface area contributed by atoms with E-state index in [1.54, 1.807) is 0 Å². The Morgan fingerprint density at radius 2 is 2.23 bits per heavy atom. The minimum Gasteiger partial charge on any atom is -0.361 e. The van der Waals surface area contributed by atoms with Crippen LogP contribution >= 0.6 is 0 Å². The van der Waals surface area contributed by atoms with Crippen molar-refractivity contribution in [2.75, 3.05) is 26.2 Å². The average Bonchev–Trinajstić information content (AvgIpc) is 3.06. The summed E-state index contributed by atoms with van der Waals surface area (Å²) in [6, 6.07) is 2.92. The molecule has 0 aromatic carbocycles. The second-order valence-electron chi connectivity index (χ2n) is 5.73. The number of hydrogen-bond acceptors (Lipinski definition) is 3. The molecule has 2 aliphatic rings. The van der Waals surface area contributed by atoms with Crippen molar-refractivity contribution in [3.63, 3.8) is 0 Å². The van der Waals surface area contributed by atoms with E-state index in [9.17, 15) is 18.4 Å². The van der Waals surface area contributed by atoms with Crippen LogP contribution in [0.2, 0.25) is 0 Å². The molecule has 2 aliphatic heterocycles. The number of aryl methyl sites for hydroxylation is 1. The third kappa shape index (κ3) is 2.47. The minimum absolute atomic E-state index is 0.0237. The van der Waals surface area contributed by atoms with Crippen molar-refractivity contribution in [3.8, 4) is 0 Å². The van der Waals surface area contributed by atoms with Gasteiger partial charge in [-0.2, -0.15) is 8.78 Å². The fourth-order valence-corrected chi connectivity index (χ4v) is 3.01. The largest absolute Gasteiger partial charge is 0.361 e. The number of hydrogen-bond donors (Lipinski definition) is 1. The number of likely N-dealkylation sites (tertiary alicyclic amines) is 1. The first-order valence-corrected chi connectivity index (χ1v) is 7.08. The number of rotatable bonds is 2. The van der Waals surface area contributed by atoms with Crippen LogP contribution in [0.3, 0.4) is 0 Å². The number of aromatic nitrogens is 1. The molecular weight excluding hydrogens is 296 g/mol. The number of morpholine rings is 1. The van der Waals surface area contributed by atoms with E-state index >= 15 is 0 Å². The first-order valence-electron chi connectivity index (χ1n) is 7.08. The van der Waals surface area contributed by atoms with Gasteiger partial charge in [0.05, 0.1) is 6.54 Å². The van der Waals surface area contributed by atoms with Crippen LogP contribution in [0.1, 0.15) is 29.2 Å². The first kappa shape index (κ1) is 15.0. The highest BCUT2D eigenvalue weighted by atomic mass is 19.3. The van der Waals surface area contributed by atoms with Crippen molar-refractivity contribution in [3.05, 3.63) is 23.5 Å². The maximum atomic E-state index is 13.1. The molecule has 0 saturated carbocycles. The molecule has 1 aromatic rings. The summed E-state index contributed by atoms with van der Waals surface area (Å²) in [5.41, 5.74) is -0.279. The molecule has 1 N–H and O–H groups in total. The lowest BCUT2D eigenvalue weighted by molar-refractivity contribution is -0.141. The molecular formula is C14H17F2N3O3. The number of carbonyl (C=O) groups is 2. The summed E-state index contributed by atoms with van der Waals surface area (Å²) in [6.07, 6.45) is 0.577. The number of ether oxygens (including phenoxy) is 1. The van der Waals surface area contributed by atoms with Gasteiger partial charge in [0.25, 0.3) is 5.91 Å². The molecule has 6 nitrogen and oxygen atoms in total. The molecule has 1 atom stereocenters. The number of nitrogens with zero attached hydrogens (tertiary/aromatic N) is 2. The summed E-state index contributed by atoms with van der Waals surface area (Å²) < 4.78 is 32.5. The van der Waals surface area contributed by atoms with Gasteiger partial charge in [0.15, 0.2) is 0 Å². The van der Waals surface area contributed by atoms with Gasteiger partial charge >= 0.3 is 6.55 Å². The molecule has 1 aromatic heterocycles. The standard InChI is InChI=1S/C14H17F2N3O3/c1-9-2-3-10(19(9)13(15)16)12(21)18-5-4-14(8-18)7-17-11(20)6-22-14/h2-3,13H,4-8H2,1H3,(H,17,20). The summed E-state index contributed by atoms with van der Waals surface area (Å²) in [4.78, 5) is 25.2. The summed E-state index contributed by atoms with van der Waals surface area (Å²) in [6.45, 7) is -0.203. The van der Waals surface area contributed by atoms with Crippen molar-refractivity contribution in [2.45, 2.75) is 25.5 Å². The normalized spacial score (nSPS) is 25.1. The predicted molar refractivity (Wildman–Crippen MR) is 72.6 cm³/mol. The minimum atomic E-state index is -2.75. The third-order valence-corrected chi connectivity index (χ3v) is 4.26. The van der Waals surface area contributed by atoms with Crippen molar-refractivity contribution in [2.24, 2.45) is 0 Å². The smallest absolute Gasteiger partial charge is 0.319 e.